The molecule has 17 heteroatoms. The standard InChI is InChI=1S/4C2H6.3CH4O3S.CH3.5Ar/c4*1-2;3*1-5(2,3)4;;;;;;/h4*1-2H3;3*1H3,(H,2,3,4);1H3;;;;;/q;;;;;;;+1;;;;;/p-2. The minimum Gasteiger partial charge on any atom is -0.748 e. The zero-order valence-electron chi connectivity index (χ0n) is 18.7. The van der Waals surface area contributed by atoms with E-state index in [0.717, 1.165) is 0 Å². The van der Waals surface area contributed by atoms with E-state index in [4.69, 9.17) is 30.5 Å². The van der Waals surface area contributed by atoms with E-state index in [2.05, 4.69) is 0 Å². The quantitative estimate of drug-likeness (QED) is 0.315. The van der Waals surface area contributed by atoms with Gasteiger partial charge in [0.15, 0.2) is 0 Å². The monoisotopic (exact) mass is 621 g/mol. The molecule has 0 bridgehead atoms. The van der Waals surface area contributed by atoms with Gasteiger partial charge in [-0.2, -0.15) is 8.42 Å². The van der Waals surface area contributed by atoms with Gasteiger partial charge in [-0.05, 0) is 0 Å². The fraction of sp³-hybridized carbons (Fsp3) is 0.917. The molecule has 0 unspecified atom stereocenters. The van der Waals surface area contributed by atoms with Gasteiger partial charge in [0.2, 0.25) is 0 Å². The van der Waals surface area contributed by atoms with Crippen molar-refractivity contribution in [3.63, 3.8) is 0 Å². The van der Waals surface area contributed by atoms with Crippen LogP contribution in [-0.2, 0) is 30.4 Å². The van der Waals surface area contributed by atoms with Crippen molar-refractivity contribution >= 4 is 30.4 Å². The van der Waals surface area contributed by atoms with E-state index in [9.17, 15) is 8.42 Å². The van der Waals surface area contributed by atoms with Crippen molar-refractivity contribution in [1.29, 1.82) is 0 Å². The van der Waals surface area contributed by atoms with E-state index in [1.807, 2.05) is 55.4 Å². The van der Waals surface area contributed by atoms with Crippen molar-refractivity contribution in [3.8, 4) is 0 Å². The normalized spacial score (nSPS) is 6.83. The minimum atomic E-state index is -3.92. The predicted octanol–water partition coefficient (Wildman–Crippen LogP) is 2.38. The Morgan fingerprint density at radius 2 is 0.483 bits per heavy atom. The SMILES string of the molecule is CC.CC.CC.CC.CS(=O)(=O)O.CS(=O)(=O)[O-].CS(=O)(=O)[O-].[Ar].[Ar].[Ar].[Ar].[Ar].[CH3+]. The maximum atomic E-state index is 9.19. The Bertz CT molecular complexity index is 374. The summed E-state index contributed by atoms with van der Waals surface area (Å²) in [5.74, 6) is 0. The topological polar surface area (TPSA) is 169 Å². The second-order valence-electron chi connectivity index (χ2n) is 2.14. The molecule has 0 aromatic rings. The Kier molecular flexibility index (Phi) is 185. The molecule has 0 aliphatic heterocycles. The minimum absolute atomic E-state index is 0. The molecule has 0 amide bonds. The molecule has 29 heavy (non-hydrogen) atoms. The maximum absolute atomic E-state index is 9.19. The van der Waals surface area contributed by atoms with Crippen LogP contribution in [0.1, 0.15) is 55.4 Å². The van der Waals surface area contributed by atoms with Crippen molar-refractivity contribution in [2.24, 2.45) is 0 Å². The van der Waals surface area contributed by atoms with E-state index in [-0.39, 0.29) is 196 Å². The summed E-state index contributed by atoms with van der Waals surface area (Å²) >= 11 is 0. The molecule has 0 radical (unpaired) electrons. The van der Waals surface area contributed by atoms with Gasteiger partial charge >= 0.3 is 0 Å². The van der Waals surface area contributed by atoms with Crippen molar-refractivity contribution in [2.75, 3.05) is 18.8 Å². The van der Waals surface area contributed by atoms with E-state index < -0.39 is 30.4 Å². The van der Waals surface area contributed by atoms with Gasteiger partial charge < -0.3 is 9.11 Å². The summed E-state index contributed by atoms with van der Waals surface area (Å²) in [6.07, 6.45) is 1.92. The molecule has 0 heterocycles. The first-order valence-corrected chi connectivity index (χ1v) is 12.2. The number of rotatable bonds is 0. The van der Waals surface area contributed by atoms with Crippen LogP contribution in [-0.4, -0.2) is 57.7 Å². The van der Waals surface area contributed by atoms with Gasteiger partial charge in [-0.15, -0.1) is 0 Å². The van der Waals surface area contributed by atoms with Crippen LogP contribution in [0.4, 0.5) is 0 Å². The van der Waals surface area contributed by atoms with Crippen molar-refractivity contribution in [2.45, 2.75) is 55.4 Å². The molecular weight excluding hydrogens is 584 g/mol. The molecule has 0 atom stereocenters. The zero-order chi connectivity index (χ0) is 21.5. The maximum Gasteiger partial charge on any atom is 0.261 e. The van der Waals surface area contributed by atoms with Crippen LogP contribution in [0, 0.1) is 196 Å². The van der Waals surface area contributed by atoms with Crippen LogP contribution in [0.3, 0.4) is 0 Å². The van der Waals surface area contributed by atoms with Crippen LogP contribution in [0.25, 0.3) is 0 Å². The third-order valence-electron chi connectivity index (χ3n) is 0. The first-order valence-electron chi connectivity index (χ1n) is 6.74. The van der Waals surface area contributed by atoms with E-state index in [0.29, 0.717) is 18.8 Å². The first kappa shape index (κ1) is 83.6. The molecular formula is C12H37Ar5O9S3-. The van der Waals surface area contributed by atoms with E-state index in [1.165, 1.54) is 0 Å². The Morgan fingerprint density at radius 3 is 0.483 bits per heavy atom. The summed E-state index contributed by atoms with van der Waals surface area (Å²) in [4.78, 5) is 0. The van der Waals surface area contributed by atoms with Gasteiger partial charge in [-0.1, -0.05) is 55.4 Å². The van der Waals surface area contributed by atoms with Crippen LogP contribution >= 0.6 is 0 Å². The van der Waals surface area contributed by atoms with Crippen molar-refractivity contribution < 1.29 is 228 Å². The summed E-state index contributed by atoms with van der Waals surface area (Å²) in [7, 11) is -11.5. The molecule has 0 aliphatic rings. The van der Waals surface area contributed by atoms with Crippen LogP contribution in [0.15, 0.2) is 0 Å². The van der Waals surface area contributed by atoms with Gasteiger partial charge in [0.1, 0.15) is 0 Å². The second-order valence-corrected chi connectivity index (χ2v) is 6.42. The smallest absolute Gasteiger partial charge is 0.261 e. The number of hydrogen-bond acceptors (Lipinski definition) is 8. The van der Waals surface area contributed by atoms with E-state index in [1.54, 1.807) is 0 Å². The summed E-state index contributed by atoms with van der Waals surface area (Å²) < 4.78 is 80.3. The van der Waals surface area contributed by atoms with Crippen molar-refractivity contribution in [1.82, 2.24) is 0 Å². The Balaban J connectivity index is -0.00000000943. The molecule has 0 saturated heterocycles. The molecule has 0 saturated carbocycles. The molecule has 0 rings (SSSR count). The van der Waals surface area contributed by atoms with Gasteiger partial charge in [0, 0.05) is 209 Å². The zero-order valence-corrected chi connectivity index (χ0v) is 24.7. The summed E-state index contributed by atoms with van der Waals surface area (Å²) in [6.45, 7) is 16.0. The third-order valence-corrected chi connectivity index (χ3v) is 0. The second kappa shape index (κ2) is 64.2. The van der Waals surface area contributed by atoms with Gasteiger partial charge in [-0.3, -0.25) is 4.55 Å². The Hall–Kier alpha value is 5.90. The molecule has 0 spiro atoms. The molecule has 198 valence electrons. The molecule has 0 aliphatic carbocycles. The van der Waals surface area contributed by atoms with Crippen LogP contribution in [0.5, 0.6) is 0 Å². The van der Waals surface area contributed by atoms with Gasteiger partial charge in [0.05, 0.1) is 26.5 Å². The Labute approximate surface area is 331 Å². The molecule has 9 nitrogen and oxygen atoms in total. The van der Waals surface area contributed by atoms with Gasteiger partial charge in [-0.25, -0.2) is 16.8 Å². The van der Waals surface area contributed by atoms with Crippen LogP contribution in [0.2, 0.25) is 0 Å². The third kappa shape index (κ3) is 991. The molecule has 0 aromatic heterocycles. The average molecular weight is 621 g/mol. The summed E-state index contributed by atoms with van der Waals surface area (Å²) in [5, 5.41) is 0. The summed E-state index contributed by atoms with van der Waals surface area (Å²) in [5.41, 5.74) is 0. The molecule has 0 fully saturated rings. The van der Waals surface area contributed by atoms with Crippen molar-refractivity contribution in [3.05, 3.63) is 7.43 Å². The summed E-state index contributed by atoms with van der Waals surface area (Å²) in [6, 6.07) is 0. The fourth-order valence-electron chi connectivity index (χ4n) is 0. The van der Waals surface area contributed by atoms with Gasteiger partial charge in [0.25, 0.3) is 10.1 Å². The predicted molar refractivity (Wildman–Crippen MR) is 101 cm³/mol. The van der Waals surface area contributed by atoms with E-state index >= 15 is 0 Å². The Morgan fingerprint density at radius 1 is 0.483 bits per heavy atom. The number of hydrogen-bond donors (Lipinski definition) is 1. The first-order chi connectivity index (χ1) is 10.0. The average Bonchev–Trinajstić information content (AvgIpc) is 2.32. The molecule has 0 aromatic carbocycles. The largest absolute Gasteiger partial charge is 0.748 e. The van der Waals surface area contributed by atoms with Crippen LogP contribution < -0.4 is 0 Å². The molecule has 1 N–H and O–H groups in total. The fourth-order valence-corrected chi connectivity index (χ4v) is 0.